The average Bonchev–Trinajstić information content (AvgIpc) is 3.08. The van der Waals surface area contributed by atoms with Gasteiger partial charge in [0.15, 0.2) is 5.78 Å². The van der Waals surface area contributed by atoms with E-state index in [4.69, 9.17) is 0 Å². The van der Waals surface area contributed by atoms with Crippen molar-refractivity contribution >= 4 is 17.4 Å². The number of hydrogen-bond acceptors (Lipinski definition) is 4. The third-order valence-electron chi connectivity index (χ3n) is 4.70. The molecule has 3 rings (SSSR count). The van der Waals surface area contributed by atoms with Crippen molar-refractivity contribution in [2.75, 3.05) is 44.2 Å². The van der Waals surface area contributed by atoms with Gasteiger partial charge >= 0.3 is 0 Å². The van der Waals surface area contributed by atoms with Crippen molar-refractivity contribution in [1.82, 2.24) is 10.2 Å². The minimum Gasteiger partial charge on any atom is -0.366 e. The van der Waals surface area contributed by atoms with E-state index in [1.807, 2.05) is 9.80 Å². The first-order valence-electron chi connectivity index (χ1n) is 8.11. The Morgan fingerprint density at radius 3 is 2.52 bits per heavy atom. The number of hydrogen-bond donors (Lipinski definition) is 1. The van der Waals surface area contributed by atoms with E-state index in [1.54, 1.807) is 12.1 Å². The van der Waals surface area contributed by atoms with Crippen molar-refractivity contribution in [3.8, 4) is 0 Å². The maximum Gasteiger partial charge on any atom is 0.227 e. The van der Waals surface area contributed by atoms with Crippen molar-refractivity contribution in [2.45, 2.75) is 13.3 Å². The average molecular weight is 319 g/mol. The van der Waals surface area contributed by atoms with E-state index in [2.05, 4.69) is 5.32 Å². The molecule has 23 heavy (non-hydrogen) atoms. The number of nitrogens with one attached hydrogen (secondary N) is 1. The summed E-state index contributed by atoms with van der Waals surface area (Å²) in [7, 11) is 0. The molecule has 0 bridgehead atoms. The van der Waals surface area contributed by atoms with Gasteiger partial charge in [-0.1, -0.05) is 0 Å². The van der Waals surface area contributed by atoms with E-state index in [0.29, 0.717) is 37.4 Å². The molecule has 1 atom stereocenters. The summed E-state index contributed by atoms with van der Waals surface area (Å²) < 4.78 is 14.2. The predicted octanol–water partition coefficient (Wildman–Crippen LogP) is 1.29. The lowest BCUT2D eigenvalue weighted by Gasteiger charge is -2.37. The molecule has 0 aromatic heterocycles. The van der Waals surface area contributed by atoms with Crippen molar-refractivity contribution in [1.29, 1.82) is 0 Å². The molecule has 0 radical (unpaired) electrons. The second-order valence-corrected chi connectivity index (χ2v) is 6.22. The molecule has 1 unspecified atom stereocenters. The lowest BCUT2D eigenvalue weighted by atomic mass is 10.1. The zero-order valence-corrected chi connectivity index (χ0v) is 13.3. The van der Waals surface area contributed by atoms with E-state index in [0.717, 1.165) is 19.5 Å². The first kappa shape index (κ1) is 15.9. The number of nitrogens with zero attached hydrogens (tertiary/aromatic N) is 2. The maximum atomic E-state index is 14.2. The monoisotopic (exact) mass is 319 g/mol. The van der Waals surface area contributed by atoms with Crippen molar-refractivity contribution in [3.63, 3.8) is 0 Å². The second-order valence-electron chi connectivity index (χ2n) is 6.22. The van der Waals surface area contributed by atoms with Crippen LogP contribution in [0.15, 0.2) is 18.2 Å². The SMILES string of the molecule is CC(=O)c1ccc(N2CCN(C(=O)C3CCNC3)CC2)c(F)c1. The number of amides is 1. The van der Waals surface area contributed by atoms with E-state index >= 15 is 0 Å². The molecule has 0 saturated carbocycles. The van der Waals surface area contributed by atoms with Gasteiger partial charge in [-0.15, -0.1) is 0 Å². The Hall–Kier alpha value is -1.95. The first-order valence-corrected chi connectivity index (χ1v) is 8.11. The topological polar surface area (TPSA) is 52.7 Å². The quantitative estimate of drug-likeness (QED) is 0.853. The van der Waals surface area contributed by atoms with Gasteiger partial charge in [-0.3, -0.25) is 9.59 Å². The summed E-state index contributed by atoms with van der Waals surface area (Å²) in [5, 5.41) is 3.21. The molecular weight excluding hydrogens is 297 g/mol. The number of carbonyl (C=O) groups excluding carboxylic acids is 2. The minimum absolute atomic E-state index is 0.0909. The Kier molecular flexibility index (Phi) is 4.61. The molecule has 5 nitrogen and oxygen atoms in total. The number of piperazine rings is 1. The highest BCUT2D eigenvalue weighted by molar-refractivity contribution is 5.94. The van der Waals surface area contributed by atoms with Gasteiger partial charge in [-0.25, -0.2) is 4.39 Å². The number of carbonyl (C=O) groups is 2. The summed E-state index contributed by atoms with van der Waals surface area (Å²) in [6.45, 7) is 5.55. The summed E-state index contributed by atoms with van der Waals surface area (Å²) in [5.74, 6) is -0.219. The van der Waals surface area contributed by atoms with Crippen LogP contribution in [0.2, 0.25) is 0 Å². The fourth-order valence-electron chi connectivity index (χ4n) is 3.27. The molecule has 1 N–H and O–H groups in total. The summed E-state index contributed by atoms with van der Waals surface area (Å²) in [4.78, 5) is 27.5. The third-order valence-corrected chi connectivity index (χ3v) is 4.70. The minimum atomic E-state index is -0.377. The smallest absolute Gasteiger partial charge is 0.227 e. The van der Waals surface area contributed by atoms with Gasteiger partial charge in [0.1, 0.15) is 5.82 Å². The van der Waals surface area contributed by atoms with Crippen LogP contribution in [0.5, 0.6) is 0 Å². The number of halogens is 1. The number of anilines is 1. The number of rotatable bonds is 3. The number of ketones is 1. The lowest BCUT2D eigenvalue weighted by Crippen LogP contribution is -2.50. The summed E-state index contributed by atoms with van der Waals surface area (Å²) in [5.41, 5.74) is 0.887. The van der Waals surface area contributed by atoms with Crippen LogP contribution in [0.1, 0.15) is 23.7 Å². The van der Waals surface area contributed by atoms with Crippen LogP contribution in [0.25, 0.3) is 0 Å². The highest BCUT2D eigenvalue weighted by Crippen LogP contribution is 2.23. The fourth-order valence-corrected chi connectivity index (χ4v) is 3.27. The highest BCUT2D eigenvalue weighted by Gasteiger charge is 2.29. The van der Waals surface area contributed by atoms with Crippen LogP contribution >= 0.6 is 0 Å². The Labute approximate surface area is 135 Å². The Morgan fingerprint density at radius 2 is 1.96 bits per heavy atom. The van der Waals surface area contributed by atoms with Gasteiger partial charge in [-0.2, -0.15) is 0 Å². The molecular formula is C17H22FN3O2. The Balaban J connectivity index is 1.62. The van der Waals surface area contributed by atoms with Gasteiger partial charge in [0.25, 0.3) is 0 Å². The molecule has 2 saturated heterocycles. The van der Waals surface area contributed by atoms with Gasteiger partial charge in [0, 0.05) is 38.3 Å². The molecule has 124 valence electrons. The molecule has 1 amide bonds. The molecule has 2 aliphatic rings. The van der Waals surface area contributed by atoms with E-state index in [1.165, 1.54) is 13.0 Å². The van der Waals surface area contributed by atoms with Gasteiger partial charge in [0.05, 0.1) is 11.6 Å². The molecule has 2 heterocycles. The Morgan fingerprint density at radius 1 is 1.22 bits per heavy atom. The Bertz CT molecular complexity index is 606. The number of Topliss-reactive ketones (excluding diaryl/α,β-unsaturated/α-hetero) is 1. The van der Waals surface area contributed by atoms with Crippen molar-refractivity contribution in [2.24, 2.45) is 5.92 Å². The number of benzene rings is 1. The van der Waals surface area contributed by atoms with Crippen LogP contribution in [-0.2, 0) is 4.79 Å². The van der Waals surface area contributed by atoms with Crippen LogP contribution in [0.3, 0.4) is 0 Å². The molecule has 0 aliphatic carbocycles. The molecule has 6 heteroatoms. The van der Waals surface area contributed by atoms with Crippen molar-refractivity contribution < 1.29 is 14.0 Å². The first-order chi connectivity index (χ1) is 11.1. The summed E-state index contributed by atoms with van der Waals surface area (Å²) in [6.07, 6.45) is 0.903. The molecule has 1 aromatic carbocycles. The second kappa shape index (κ2) is 6.66. The van der Waals surface area contributed by atoms with Gasteiger partial charge in [0.2, 0.25) is 5.91 Å². The van der Waals surface area contributed by atoms with Crippen LogP contribution in [0, 0.1) is 11.7 Å². The zero-order chi connectivity index (χ0) is 16.4. The van der Waals surface area contributed by atoms with Crippen molar-refractivity contribution in [3.05, 3.63) is 29.6 Å². The van der Waals surface area contributed by atoms with Crippen LogP contribution < -0.4 is 10.2 Å². The summed E-state index contributed by atoms with van der Waals surface area (Å²) in [6, 6.07) is 4.60. The van der Waals surface area contributed by atoms with Gasteiger partial charge in [-0.05, 0) is 38.1 Å². The molecule has 0 spiro atoms. The fraction of sp³-hybridized carbons (Fsp3) is 0.529. The standard InChI is InChI=1S/C17H22FN3O2/c1-12(22)13-2-3-16(15(18)10-13)20-6-8-21(9-7-20)17(23)14-4-5-19-11-14/h2-3,10,14,19H,4-9,11H2,1H3. The maximum absolute atomic E-state index is 14.2. The lowest BCUT2D eigenvalue weighted by molar-refractivity contribution is -0.135. The largest absolute Gasteiger partial charge is 0.366 e. The third kappa shape index (κ3) is 3.37. The van der Waals surface area contributed by atoms with E-state index in [-0.39, 0.29) is 23.4 Å². The molecule has 1 aromatic rings. The zero-order valence-electron chi connectivity index (χ0n) is 13.3. The highest BCUT2D eigenvalue weighted by atomic mass is 19.1. The van der Waals surface area contributed by atoms with Crippen LogP contribution in [0.4, 0.5) is 10.1 Å². The van der Waals surface area contributed by atoms with Crippen LogP contribution in [-0.4, -0.2) is 55.9 Å². The summed E-state index contributed by atoms with van der Waals surface area (Å²) >= 11 is 0. The predicted molar refractivity (Wildman–Crippen MR) is 86.2 cm³/mol. The van der Waals surface area contributed by atoms with E-state index in [9.17, 15) is 14.0 Å². The normalized spacial score (nSPS) is 21.6. The van der Waals surface area contributed by atoms with Gasteiger partial charge < -0.3 is 15.1 Å². The van der Waals surface area contributed by atoms with E-state index < -0.39 is 0 Å². The molecule has 2 aliphatic heterocycles. The molecule has 2 fully saturated rings.